The summed E-state index contributed by atoms with van der Waals surface area (Å²) in [4.78, 5) is 0. The Hall–Kier alpha value is -1.85. The zero-order chi connectivity index (χ0) is 16.6. The number of halogens is 1. The number of rotatable bonds is 3. The monoisotopic (exact) mass is 348 g/mol. The van der Waals surface area contributed by atoms with Crippen LogP contribution in [0.15, 0.2) is 53.6 Å². The van der Waals surface area contributed by atoms with Gasteiger partial charge in [-0.2, -0.15) is 9.52 Å². The second-order valence-corrected chi connectivity index (χ2v) is 7.94. The fourth-order valence-corrected chi connectivity index (χ4v) is 3.85. The fraction of sp³-hybridized carbons (Fsp3) is 0.235. The fourth-order valence-electron chi connectivity index (χ4n) is 2.69. The Morgan fingerprint density at radius 2 is 1.78 bits per heavy atom. The Bertz CT molecular complexity index is 860. The maximum Gasteiger partial charge on any atom is 0.247 e. The van der Waals surface area contributed by atoms with Crippen molar-refractivity contribution in [2.24, 2.45) is 5.10 Å². The van der Waals surface area contributed by atoms with E-state index in [-0.39, 0.29) is 0 Å². The summed E-state index contributed by atoms with van der Waals surface area (Å²) >= 11 is 6.26. The van der Waals surface area contributed by atoms with E-state index in [0.29, 0.717) is 11.4 Å². The minimum absolute atomic E-state index is 0.407. The number of sulfonamides is 1. The zero-order valence-electron chi connectivity index (χ0n) is 12.9. The molecule has 120 valence electrons. The molecule has 0 aliphatic carbocycles. The summed E-state index contributed by atoms with van der Waals surface area (Å²) in [6, 6.07) is 14.8. The molecule has 1 heterocycles. The molecule has 0 bridgehead atoms. The molecule has 1 atom stereocenters. The molecule has 0 aromatic heterocycles. The van der Waals surface area contributed by atoms with Crippen molar-refractivity contribution in [1.82, 2.24) is 4.41 Å². The molecule has 0 fully saturated rings. The summed E-state index contributed by atoms with van der Waals surface area (Å²) < 4.78 is 25.4. The Morgan fingerprint density at radius 1 is 1.13 bits per heavy atom. The van der Waals surface area contributed by atoms with Gasteiger partial charge in [-0.05, 0) is 24.1 Å². The lowest BCUT2D eigenvalue weighted by atomic mass is 9.98. The third-order valence-electron chi connectivity index (χ3n) is 3.86. The Kier molecular flexibility index (Phi) is 4.17. The molecule has 0 saturated heterocycles. The number of hydrogen-bond donors (Lipinski definition) is 0. The molecule has 3 rings (SSSR count). The first-order valence-corrected chi connectivity index (χ1v) is 9.47. The predicted octanol–water partition coefficient (Wildman–Crippen LogP) is 3.76. The van der Waals surface area contributed by atoms with Crippen molar-refractivity contribution in [2.75, 3.05) is 6.26 Å². The smallest absolute Gasteiger partial charge is 0.205 e. The van der Waals surface area contributed by atoms with E-state index in [1.165, 1.54) is 10.7 Å². The highest BCUT2D eigenvalue weighted by Crippen LogP contribution is 2.37. The number of aryl methyl sites for hydroxylation is 1. The number of hydrogen-bond acceptors (Lipinski definition) is 3. The standard InChI is InChI=1S/C17H17ClN2O2S/c1-12-7-9-13(10-8-12)16-11-17(20(19-16)23(2,21)22)14-5-3-4-6-15(14)18/h3-10,17H,11H2,1-2H3/t17-/m1/s1. The van der Waals surface area contributed by atoms with Crippen molar-refractivity contribution < 1.29 is 8.42 Å². The average molecular weight is 349 g/mol. The molecule has 1 aliphatic heterocycles. The maximum atomic E-state index is 12.1. The molecule has 6 heteroatoms. The molecule has 2 aromatic carbocycles. The molecule has 0 unspecified atom stereocenters. The lowest BCUT2D eigenvalue weighted by Crippen LogP contribution is -2.26. The number of nitrogens with zero attached hydrogens (tertiary/aromatic N) is 2. The van der Waals surface area contributed by atoms with Crippen LogP contribution in [0.5, 0.6) is 0 Å². The summed E-state index contributed by atoms with van der Waals surface area (Å²) in [6.45, 7) is 2.01. The van der Waals surface area contributed by atoms with Gasteiger partial charge in [-0.15, -0.1) is 0 Å². The third kappa shape index (κ3) is 3.26. The van der Waals surface area contributed by atoms with Gasteiger partial charge in [0.25, 0.3) is 0 Å². The van der Waals surface area contributed by atoms with Gasteiger partial charge in [0.15, 0.2) is 0 Å². The van der Waals surface area contributed by atoms with Crippen molar-refractivity contribution in [3.8, 4) is 0 Å². The second-order valence-electron chi connectivity index (χ2n) is 5.69. The highest BCUT2D eigenvalue weighted by Gasteiger charge is 2.35. The molecule has 23 heavy (non-hydrogen) atoms. The van der Waals surface area contributed by atoms with E-state index in [2.05, 4.69) is 5.10 Å². The predicted molar refractivity (Wildman–Crippen MR) is 93.2 cm³/mol. The molecule has 2 aromatic rings. The summed E-state index contributed by atoms with van der Waals surface area (Å²) in [6.07, 6.45) is 1.66. The van der Waals surface area contributed by atoms with Crippen molar-refractivity contribution in [2.45, 2.75) is 19.4 Å². The van der Waals surface area contributed by atoms with Gasteiger partial charge in [0, 0.05) is 11.4 Å². The molecule has 0 amide bonds. The second kappa shape index (κ2) is 5.98. The molecular weight excluding hydrogens is 332 g/mol. The van der Waals surface area contributed by atoms with Gasteiger partial charge in [-0.1, -0.05) is 59.6 Å². The van der Waals surface area contributed by atoms with Crippen LogP contribution in [0.25, 0.3) is 0 Å². The van der Waals surface area contributed by atoms with Crippen LogP contribution in [0.2, 0.25) is 5.02 Å². The molecule has 0 saturated carbocycles. The van der Waals surface area contributed by atoms with Gasteiger partial charge >= 0.3 is 0 Å². The van der Waals surface area contributed by atoms with Gasteiger partial charge in [0.05, 0.1) is 18.0 Å². The summed E-state index contributed by atoms with van der Waals surface area (Å²) in [5.74, 6) is 0. The van der Waals surface area contributed by atoms with Gasteiger partial charge in [-0.3, -0.25) is 0 Å². The van der Waals surface area contributed by atoms with Crippen molar-refractivity contribution in [1.29, 1.82) is 0 Å². The van der Waals surface area contributed by atoms with E-state index in [1.54, 1.807) is 6.07 Å². The molecule has 1 aliphatic rings. The molecule has 4 nitrogen and oxygen atoms in total. The number of hydrazone groups is 1. The van der Waals surface area contributed by atoms with Crippen LogP contribution in [-0.4, -0.2) is 24.8 Å². The maximum absolute atomic E-state index is 12.1. The van der Waals surface area contributed by atoms with E-state index in [4.69, 9.17) is 11.6 Å². The van der Waals surface area contributed by atoms with Gasteiger partial charge in [-0.25, -0.2) is 8.42 Å². The van der Waals surface area contributed by atoms with E-state index < -0.39 is 16.1 Å². The van der Waals surface area contributed by atoms with Gasteiger partial charge in [0.1, 0.15) is 0 Å². The summed E-state index contributed by atoms with van der Waals surface area (Å²) in [5.41, 5.74) is 3.60. The minimum Gasteiger partial charge on any atom is -0.205 e. The van der Waals surface area contributed by atoms with Crippen LogP contribution >= 0.6 is 11.6 Å². The first-order valence-electron chi connectivity index (χ1n) is 7.24. The highest BCUT2D eigenvalue weighted by atomic mass is 35.5. The van der Waals surface area contributed by atoms with Crippen LogP contribution in [0.1, 0.15) is 29.2 Å². The number of benzene rings is 2. The zero-order valence-corrected chi connectivity index (χ0v) is 14.5. The summed E-state index contributed by atoms with van der Waals surface area (Å²) in [5, 5.41) is 4.91. The Labute approximate surface area is 141 Å². The first kappa shape index (κ1) is 16.0. The molecule has 0 radical (unpaired) electrons. The quantitative estimate of drug-likeness (QED) is 0.848. The van der Waals surface area contributed by atoms with E-state index >= 15 is 0 Å². The third-order valence-corrected chi connectivity index (χ3v) is 5.22. The molecular formula is C17H17ClN2O2S. The van der Waals surface area contributed by atoms with Gasteiger partial charge in [0.2, 0.25) is 10.0 Å². The molecule has 0 spiro atoms. The Balaban J connectivity index is 2.03. The van der Waals surface area contributed by atoms with Crippen LogP contribution in [-0.2, 0) is 10.0 Å². The van der Waals surface area contributed by atoms with Crippen LogP contribution in [0, 0.1) is 6.92 Å². The highest BCUT2D eigenvalue weighted by molar-refractivity contribution is 7.88. The minimum atomic E-state index is -3.48. The lowest BCUT2D eigenvalue weighted by molar-refractivity contribution is 0.375. The topological polar surface area (TPSA) is 49.7 Å². The average Bonchev–Trinajstić information content (AvgIpc) is 2.93. The normalized spacial score (nSPS) is 18.1. The van der Waals surface area contributed by atoms with E-state index in [1.807, 2.05) is 49.4 Å². The van der Waals surface area contributed by atoms with E-state index in [9.17, 15) is 8.42 Å². The Morgan fingerprint density at radius 3 is 2.39 bits per heavy atom. The van der Waals surface area contributed by atoms with Crippen LogP contribution < -0.4 is 0 Å². The van der Waals surface area contributed by atoms with E-state index in [0.717, 1.165) is 22.4 Å². The first-order chi connectivity index (χ1) is 10.9. The lowest BCUT2D eigenvalue weighted by Gasteiger charge is -2.22. The molecule has 0 N–H and O–H groups in total. The van der Waals surface area contributed by atoms with Crippen molar-refractivity contribution in [3.63, 3.8) is 0 Å². The van der Waals surface area contributed by atoms with Crippen LogP contribution in [0.4, 0.5) is 0 Å². The van der Waals surface area contributed by atoms with Gasteiger partial charge < -0.3 is 0 Å². The largest absolute Gasteiger partial charge is 0.247 e. The van der Waals surface area contributed by atoms with Crippen molar-refractivity contribution >= 4 is 27.3 Å². The van der Waals surface area contributed by atoms with Crippen LogP contribution in [0.3, 0.4) is 0 Å². The van der Waals surface area contributed by atoms with Crippen molar-refractivity contribution in [3.05, 3.63) is 70.2 Å². The SMILES string of the molecule is Cc1ccc(C2=NN(S(C)(=O)=O)[C@@H](c3ccccc3Cl)C2)cc1. The summed E-state index contributed by atoms with van der Waals surface area (Å²) in [7, 11) is -3.48.